The van der Waals surface area contributed by atoms with Crippen molar-refractivity contribution in [2.45, 2.75) is 33.2 Å². The average Bonchev–Trinajstić information content (AvgIpc) is 2.41. The number of aromatic nitrogens is 1. The maximum atomic E-state index is 4.65. The summed E-state index contributed by atoms with van der Waals surface area (Å²) in [6.07, 6.45) is 1.23. The number of rotatable bonds is 3. The molecule has 0 N–H and O–H groups in total. The molecule has 0 aromatic carbocycles. The first-order valence-electron chi connectivity index (χ1n) is 6.74. The van der Waals surface area contributed by atoms with Crippen LogP contribution < -0.4 is 4.90 Å². The lowest BCUT2D eigenvalue weighted by molar-refractivity contribution is 0.192. The van der Waals surface area contributed by atoms with Crippen molar-refractivity contribution in [1.29, 1.82) is 0 Å². The summed E-state index contributed by atoms with van der Waals surface area (Å²) in [4.78, 5) is 9.61. The van der Waals surface area contributed by atoms with E-state index in [1.165, 1.54) is 6.42 Å². The van der Waals surface area contributed by atoms with Gasteiger partial charge in [-0.25, -0.2) is 4.98 Å². The zero-order valence-corrected chi connectivity index (χ0v) is 13.1. The van der Waals surface area contributed by atoms with E-state index in [1.807, 2.05) is 6.92 Å². The number of halogens is 1. The summed E-state index contributed by atoms with van der Waals surface area (Å²) in [5, 5.41) is 0. The van der Waals surface area contributed by atoms with E-state index in [2.05, 4.69) is 56.7 Å². The van der Waals surface area contributed by atoms with E-state index in [0.717, 1.165) is 42.2 Å². The third-order valence-corrected chi connectivity index (χ3v) is 4.70. The van der Waals surface area contributed by atoms with Crippen molar-refractivity contribution in [2.24, 2.45) is 0 Å². The highest BCUT2D eigenvalue weighted by molar-refractivity contribution is 9.10. The SMILES string of the molecule is CCC(C)N1CCN(c2ccc(Br)c(C)n2)CC1. The van der Waals surface area contributed by atoms with Crippen LogP contribution in [-0.4, -0.2) is 42.1 Å². The number of pyridine rings is 1. The molecule has 1 unspecified atom stereocenters. The normalized spacial score (nSPS) is 19.0. The van der Waals surface area contributed by atoms with Crippen LogP contribution in [0.15, 0.2) is 16.6 Å². The smallest absolute Gasteiger partial charge is 0.128 e. The van der Waals surface area contributed by atoms with Crippen LogP contribution in [0.3, 0.4) is 0 Å². The van der Waals surface area contributed by atoms with Gasteiger partial charge in [0, 0.05) is 36.7 Å². The maximum Gasteiger partial charge on any atom is 0.128 e. The lowest BCUT2D eigenvalue weighted by Crippen LogP contribution is -2.49. The van der Waals surface area contributed by atoms with Crippen LogP contribution in [0, 0.1) is 6.92 Å². The van der Waals surface area contributed by atoms with Crippen molar-refractivity contribution in [2.75, 3.05) is 31.1 Å². The Labute approximate surface area is 118 Å². The van der Waals surface area contributed by atoms with Crippen LogP contribution in [0.25, 0.3) is 0 Å². The zero-order chi connectivity index (χ0) is 13.1. The van der Waals surface area contributed by atoms with E-state index >= 15 is 0 Å². The van der Waals surface area contributed by atoms with Crippen LogP contribution in [0.4, 0.5) is 5.82 Å². The topological polar surface area (TPSA) is 19.4 Å². The number of nitrogens with zero attached hydrogens (tertiary/aromatic N) is 3. The maximum absolute atomic E-state index is 4.65. The third-order valence-electron chi connectivity index (χ3n) is 3.86. The van der Waals surface area contributed by atoms with Gasteiger partial charge in [0.1, 0.15) is 5.82 Å². The molecule has 1 aromatic rings. The van der Waals surface area contributed by atoms with Gasteiger partial charge in [-0.1, -0.05) is 6.92 Å². The zero-order valence-electron chi connectivity index (χ0n) is 11.5. The average molecular weight is 312 g/mol. The Balaban J connectivity index is 1.99. The molecule has 1 aliphatic heterocycles. The highest BCUT2D eigenvalue weighted by Gasteiger charge is 2.20. The number of aryl methyl sites for hydroxylation is 1. The fourth-order valence-electron chi connectivity index (χ4n) is 2.36. The molecule has 100 valence electrons. The summed E-state index contributed by atoms with van der Waals surface area (Å²) >= 11 is 3.50. The Bertz CT molecular complexity index is 400. The van der Waals surface area contributed by atoms with Crippen molar-refractivity contribution in [3.63, 3.8) is 0 Å². The lowest BCUT2D eigenvalue weighted by Gasteiger charge is -2.38. The summed E-state index contributed by atoms with van der Waals surface area (Å²) in [5.74, 6) is 1.11. The number of anilines is 1. The second kappa shape index (κ2) is 6.02. The summed E-state index contributed by atoms with van der Waals surface area (Å²) in [7, 11) is 0. The van der Waals surface area contributed by atoms with Crippen molar-refractivity contribution < 1.29 is 0 Å². The molecule has 0 amide bonds. The third kappa shape index (κ3) is 3.04. The van der Waals surface area contributed by atoms with Gasteiger partial charge in [0.05, 0.1) is 5.69 Å². The molecule has 0 aliphatic carbocycles. The summed E-state index contributed by atoms with van der Waals surface area (Å²) in [6, 6.07) is 4.90. The summed E-state index contributed by atoms with van der Waals surface area (Å²) in [5.41, 5.74) is 1.07. The first-order valence-corrected chi connectivity index (χ1v) is 7.53. The van der Waals surface area contributed by atoms with Gasteiger partial charge in [-0.2, -0.15) is 0 Å². The molecule has 1 atom stereocenters. The molecule has 1 fully saturated rings. The van der Waals surface area contributed by atoms with Gasteiger partial charge in [0.25, 0.3) is 0 Å². The predicted octanol–water partition coefficient (Wildman–Crippen LogP) is 3.07. The fourth-order valence-corrected chi connectivity index (χ4v) is 2.58. The largest absolute Gasteiger partial charge is 0.354 e. The van der Waals surface area contributed by atoms with Gasteiger partial charge in [-0.05, 0) is 48.3 Å². The van der Waals surface area contributed by atoms with Gasteiger partial charge in [0.2, 0.25) is 0 Å². The Kier molecular flexibility index (Phi) is 4.62. The van der Waals surface area contributed by atoms with Crippen LogP contribution in [0.2, 0.25) is 0 Å². The minimum Gasteiger partial charge on any atom is -0.354 e. The molecule has 0 saturated carbocycles. The van der Waals surface area contributed by atoms with Gasteiger partial charge in [-0.15, -0.1) is 0 Å². The minimum absolute atomic E-state index is 0.701. The van der Waals surface area contributed by atoms with Crippen LogP contribution in [0.5, 0.6) is 0 Å². The van der Waals surface area contributed by atoms with E-state index in [9.17, 15) is 0 Å². The van der Waals surface area contributed by atoms with Gasteiger partial charge < -0.3 is 4.90 Å². The van der Waals surface area contributed by atoms with Gasteiger partial charge in [0.15, 0.2) is 0 Å². The molecule has 0 bridgehead atoms. The molecule has 2 heterocycles. The summed E-state index contributed by atoms with van der Waals surface area (Å²) in [6.45, 7) is 11.1. The number of hydrogen-bond donors (Lipinski definition) is 0. The molecule has 4 heteroatoms. The first kappa shape index (κ1) is 13.8. The predicted molar refractivity (Wildman–Crippen MR) is 80.2 cm³/mol. The summed E-state index contributed by atoms with van der Waals surface area (Å²) < 4.78 is 1.09. The Morgan fingerprint density at radius 1 is 1.28 bits per heavy atom. The van der Waals surface area contributed by atoms with Crippen LogP contribution in [0.1, 0.15) is 26.0 Å². The molecule has 1 aromatic heterocycles. The minimum atomic E-state index is 0.701. The molecular formula is C14H22BrN3. The first-order chi connectivity index (χ1) is 8.61. The van der Waals surface area contributed by atoms with Crippen LogP contribution in [-0.2, 0) is 0 Å². The second-order valence-corrected chi connectivity index (χ2v) is 5.87. The highest BCUT2D eigenvalue weighted by atomic mass is 79.9. The quantitative estimate of drug-likeness (QED) is 0.855. The molecule has 1 saturated heterocycles. The Morgan fingerprint density at radius 2 is 1.94 bits per heavy atom. The van der Waals surface area contributed by atoms with E-state index in [1.54, 1.807) is 0 Å². The van der Waals surface area contributed by atoms with Crippen LogP contribution >= 0.6 is 15.9 Å². The second-order valence-electron chi connectivity index (χ2n) is 5.02. The molecule has 0 spiro atoms. The number of hydrogen-bond acceptors (Lipinski definition) is 3. The molecule has 18 heavy (non-hydrogen) atoms. The highest BCUT2D eigenvalue weighted by Crippen LogP contribution is 2.20. The molecule has 1 aliphatic rings. The lowest BCUT2D eigenvalue weighted by atomic mass is 10.2. The van der Waals surface area contributed by atoms with Crippen molar-refractivity contribution in [3.8, 4) is 0 Å². The molecule has 3 nitrogen and oxygen atoms in total. The van der Waals surface area contributed by atoms with E-state index in [0.29, 0.717) is 6.04 Å². The van der Waals surface area contributed by atoms with Gasteiger partial charge in [-0.3, -0.25) is 4.90 Å². The van der Waals surface area contributed by atoms with Gasteiger partial charge >= 0.3 is 0 Å². The standard InChI is InChI=1S/C14H22BrN3/c1-4-11(2)17-7-9-18(10-8-17)14-6-5-13(15)12(3)16-14/h5-6,11H,4,7-10H2,1-3H3. The van der Waals surface area contributed by atoms with E-state index in [-0.39, 0.29) is 0 Å². The van der Waals surface area contributed by atoms with E-state index in [4.69, 9.17) is 0 Å². The fraction of sp³-hybridized carbons (Fsp3) is 0.643. The number of piperazine rings is 1. The monoisotopic (exact) mass is 311 g/mol. The molecule has 0 radical (unpaired) electrons. The van der Waals surface area contributed by atoms with Crippen molar-refractivity contribution in [1.82, 2.24) is 9.88 Å². The Hall–Kier alpha value is -0.610. The molecule has 2 rings (SSSR count). The van der Waals surface area contributed by atoms with E-state index < -0.39 is 0 Å². The Morgan fingerprint density at radius 3 is 2.50 bits per heavy atom. The molecular weight excluding hydrogens is 290 g/mol. The van der Waals surface area contributed by atoms with Crippen molar-refractivity contribution >= 4 is 21.7 Å². The van der Waals surface area contributed by atoms with Crippen molar-refractivity contribution in [3.05, 3.63) is 22.3 Å².